The monoisotopic (exact) mass is 410 g/mol. The van der Waals surface area contributed by atoms with E-state index in [2.05, 4.69) is 15.7 Å². The quantitative estimate of drug-likeness (QED) is 0.747. The smallest absolute Gasteiger partial charge is 0.322 e. The number of nitrogens with one attached hydrogen (secondary N) is 2. The summed E-state index contributed by atoms with van der Waals surface area (Å²) in [4.78, 5) is 28.0. The molecule has 1 saturated heterocycles. The zero-order valence-electron chi connectivity index (χ0n) is 15.6. The molecule has 1 atom stereocenters. The second-order valence-electron chi connectivity index (χ2n) is 7.06. The van der Waals surface area contributed by atoms with Crippen molar-refractivity contribution in [2.24, 2.45) is 0 Å². The minimum Gasteiger partial charge on any atom is -0.338 e. The highest BCUT2D eigenvalue weighted by Gasteiger charge is 2.33. The zero-order valence-corrected chi connectivity index (χ0v) is 15.6. The Bertz CT molecular complexity index is 962. The van der Waals surface area contributed by atoms with E-state index < -0.39 is 23.5 Å². The molecule has 1 aromatic carbocycles. The summed E-state index contributed by atoms with van der Waals surface area (Å²) in [6, 6.07) is 0.362. The van der Waals surface area contributed by atoms with E-state index in [4.69, 9.17) is 0 Å². The Hall–Kier alpha value is -3.24. The van der Waals surface area contributed by atoms with Crippen LogP contribution in [-0.2, 0) is 13.1 Å². The second kappa shape index (κ2) is 7.30. The van der Waals surface area contributed by atoms with Gasteiger partial charge in [0.05, 0.1) is 36.7 Å². The minimum atomic E-state index is -1.59. The van der Waals surface area contributed by atoms with Crippen LogP contribution in [0.5, 0.6) is 0 Å². The Morgan fingerprint density at radius 2 is 2.03 bits per heavy atom. The second-order valence-corrected chi connectivity index (χ2v) is 7.06. The first-order chi connectivity index (χ1) is 13.8. The van der Waals surface area contributed by atoms with Crippen LogP contribution in [0.4, 0.5) is 34.1 Å². The van der Waals surface area contributed by atoms with Crippen molar-refractivity contribution in [3.8, 4) is 0 Å². The minimum absolute atomic E-state index is 0. The largest absolute Gasteiger partial charge is 0.338 e. The molecule has 0 unspecified atom stereocenters. The van der Waals surface area contributed by atoms with Gasteiger partial charge >= 0.3 is 12.1 Å². The Labute approximate surface area is 165 Å². The van der Waals surface area contributed by atoms with Gasteiger partial charge in [0.2, 0.25) is 0 Å². The number of rotatable bonds is 2. The topological polar surface area (TPSA) is 82.5 Å². The van der Waals surface area contributed by atoms with Crippen molar-refractivity contribution in [3.05, 3.63) is 41.5 Å². The first kappa shape index (κ1) is 19.1. The summed E-state index contributed by atoms with van der Waals surface area (Å²) in [6.07, 6.45) is 2.39. The molecule has 0 spiro atoms. The van der Waals surface area contributed by atoms with Crippen molar-refractivity contribution < 1.29 is 24.2 Å². The van der Waals surface area contributed by atoms with Gasteiger partial charge in [-0.25, -0.2) is 22.8 Å². The summed E-state index contributed by atoms with van der Waals surface area (Å²) >= 11 is 0. The standard InChI is InChI=1S/C18H19F3N6O2.H2/c1-10-8-27-15(14(7-23-27)25-4-2-3-22-17(25)28)9-26(10)18(29)24-11-5-12(19)16(21)13(20)6-11;/h5-7,10H,2-4,8-9H2,1H3,(H,22,28)(H,24,29);1H/t10-;/m0./s1. The van der Waals surface area contributed by atoms with Crippen LogP contribution in [0.15, 0.2) is 18.3 Å². The number of nitrogens with zero attached hydrogens (tertiary/aromatic N) is 4. The molecule has 11 heteroatoms. The number of anilines is 2. The third-order valence-electron chi connectivity index (χ3n) is 5.08. The molecule has 1 aromatic heterocycles. The number of halogens is 3. The van der Waals surface area contributed by atoms with E-state index in [1.54, 1.807) is 15.8 Å². The predicted octanol–water partition coefficient (Wildman–Crippen LogP) is 2.90. The van der Waals surface area contributed by atoms with Gasteiger partial charge in [0, 0.05) is 32.3 Å². The van der Waals surface area contributed by atoms with Crippen LogP contribution < -0.4 is 15.5 Å². The van der Waals surface area contributed by atoms with Gasteiger partial charge in [-0.1, -0.05) is 0 Å². The Morgan fingerprint density at radius 3 is 2.72 bits per heavy atom. The molecular weight excluding hydrogens is 389 g/mol. The number of carbonyl (C=O) groups excluding carboxylic acids is 2. The first-order valence-corrected chi connectivity index (χ1v) is 9.17. The molecule has 156 valence electrons. The average molecular weight is 410 g/mol. The average Bonchev–Trinajstić information content (AvgIpc) is 3.08. The molecule has 2 N–H and O–H groups in total. The zero-order chi connectivity index (χ0) is 20.7. The van der Waals surface area contributed by atoms with Gasteiger partial charge in [0.25, 0.3) is 0 Å². The summed E-state index contributed by atoms with van der Waals surface area (Å²) < 4.78 is 41.7. The molecule has 3 heterocycles. The summed E-state index contributed by atoms with van der Waals surface area (Å²) in [5, 5.41) is 9.50. The fourth-order valence-electron chi connectivity index (χ4n) is 3.57. The van der Waals surface area contributed by atoms with Crippen LogP contribution in [0, 0.1) is 17.5 Å². The van der Waals surface area contributed by atoms with Crippen molar-refractivity contribution in [1.29, 1.82) is 0 Å². The van der Waals surface area contributed by atoms with Gasteiger partial charge in [-0.2, -0.15) is 5.10 Å². The van der Waals surface area contributed by atoms with Gasteiger partial charge < -0.3 is 15.5 Å². The van der Waals surface area contributed by atoms with E-state index in [9.17, 15) is 22.8 Å². The van der Waals surface area contributed by atoms with Gasteiger partial charge in [0.15, 0.2) is 17.5 Å². The molecule has 2 aliphatic heterocycles. The van der Waals surface area contributed by atoms with Gasteiger partial charge in [-0.05, 0) is 13.3 Å². The third-order valence-corrected chi connectivity index (χ3v) is 5.08. The first-order valence-electron chi connectivity index (χ1n) is 9.17. The lowest BCUT2D eigenvalue weighted by Gasteiger charge is -2.35. The molecule has 2 aliphatic rings. The van der Waals surface area contributed by atoms with E-state index in [1.165, 1.54) is 4.90 Å². The van der Waals surface area contributed by atoms with E-state index in [-0.39, 0.29) is 25.7 Å². The maximum Gasteiger partial charge on any atom is 0.322 e. The lowest BCUT2D eigenvalue weighted by atomic mass is 10.1. The van der Waals surface area contributed by atoms with E-state index in [0.29, 0.717) is 31.0 Å². The molecule has 29 heavy (non-hydrogen) atoms. The molecule has 4 amide bonds. The van der Waals surface area contributed by atoms with Gasteiger partial charge in [-0.3, -0.25) is 9.58 Å². The summed E-state index contributed by atoms with van der Waals surface area (Å²) in [5.41, 5.74) is 1.12. The Balaban J connectivity index is 0.00000256. The summed E-state index contributed by atoms with van der Waals surface area (Å²) in [5.74, 6) is -4.37. The van der Waals surface area contributed by atoms with Crippen molar-refractivity contribution in [2.45, 2.75) is 32.5 Å². The van der Waals surface area contributed by atoms with E-state index >= 15 is 0 Å². The van der Waals surface area contributed by atoms with E-state index in [1.807, 2.05) is 6.92 Å². The maximum atomic E-state index is 13.4. The van der Waals surface area contributed by atoms with E-state index in [0.717, 1.165) is 18.6 Å². The number of carbonyl (C=O) groups is 2. The highest BCUT2D eigenvalue weighted by Crippen LogP contribution is 2.28. The number of urea groups is 2. The lowest BCUT2D eigenvalue weighted by molar-refractivity contribution is 0.161. The van der Waals surface area contributed by atoms with Gasteiger partial charge in [0.1, 0.15) is 0 Å². The van der Waals surface area contributed by atoms with Crippen LogP contribution in [-0.4, -0.2) is 45.9 Å². The number of aromatic nitrogens is 2. The van der Waals surface area contributed by atoms with Crippen molar-refractivity contribution in [3.63, 3.8) is 0 Å². The van der Waals surface area contributed by atoms with Crippen LogP contribution >= 0.6 is 0 Å². The van der Waals surface area contributed by atoms with Crippen molar-refractivity contribution >= 4 is 23.4 Å². The normalized spacial score (nSPS) is 19.0. The number of hydrogen-bond donors (Lipinski definition) is 2. The molecular formula is C18H21F3N6O2. The van der Waals surface area contributed by atoms with Gasteiger partial charge in [-0.15, -0.1) is 0 Å². The molecule has 8 nitrogen and oxygen atoms in total. The third kappa shape index (κ3) is 3.47. The number of fused-ring (bicyclic) bond motifs is 1. The van der Waals surface area contributed by atoms with Crippen LogP contribution in [0.3, 0.4) is 0 Å². The Morgan fingerprint density at radius 1 is 1.31 bits per heavy atom. The fraction of sp³-hybridized carbons (Fsp3) is 0.389. The number of amides is 4. The lowest BCUT2D eigenvalue weighted by Crippen LogP contribution is -2.49. The Kier molecular flexibility index (Phi) is 4.81. The number of hydrogen-bond acceptors (Lipinski definition) is 3. The molecule has 0 bridgehead atoms. The van der Waals surface area contributed by atoms with Crippen LogP contribution in [0.2, 0.25) is 0 Å². The molecule has 0 saturated carbocycles. The molecule has 2 aromatic rings. The number of benzene rings is 1. The van der Waals surface area contributed by atoms with Crippen LogP contribution in [0.25, 0.3) is 0 Å². The maximum absolute atomic E-state index is 13.4. The predicted molar refractivity (Wildman–Crippen MR) is 100 cm³/mol. The summed E-state index contributed by atoms with van der Waals surface area (Å²) in [6.45, 7) is 3.50. The molecule has 0 aliphatic carbocycles. The molecule has 1 fully saturated rings. The molecule has 0 radical (unpaired) electrons. The highest BCUT2D eigenvalue weighted by molar-refractivity contribution is 5.93. The van der Waals surface area contributed by atoms with Crippen molar-refractivity contribution in [1.82, 2.24) is 20.0 Å². The van der Waals surface area contributed by atoms with Crippen molar-refractivity contribution in [2.75, 3.05) is 23.3 Å². The SMILES string of the molecule is C[C@H]1Cn2ncc(N3CCCNC3=O)c2CN1C(=O)Nc1cc(F)c(F)c(F)c1.[HH]. The highest BCUT2D eigenvalue weighted by atomic mass is 19.2. The van der Waals surface area contributed by atoms with Crippen LogP contribution in [0.1, 0.15) is 20.5 Å². The summed E-state index contributed by atoms with van der Waals surface area (Å²) in [7, 11) is 0. The molecule has 4 rings (SSSR count). The fourth-order valence-corrected chi connectivity index (χ4v) is 3.57.